The molecule has 0 unspecified atom stereocenters. The van der Waals surface area contributed by atoms with Gasteiger partial charge in [0.1, 0.15) is 11.9 Å². The number of ether oxygens (including phenoxy) is 2. The first-order valence-electron chi connectivity index (χ1n) is 8.73. The fourth-order valence-corrected chi connectivity index (χ4v) is 3.04. The number of halogens is 1. The number of rotatable bonds is 5. The predicted molar refractivity (Wildman–Crippen MR) is 98.9 cm³/mol. The van der Waals surface area contributed by atoms with Gasteiger partial charge in [0.25, 0.3) is 5.91 Å². The molecule has 8 heteroatoms. The molecule has 1 fully saturated rings. The third-order valence-corrected chi connectivity index (χ3v) is 4.45. The van der Waals surface area contributed by atoms with Gasteiger partial charge in [-0.15, -0.1) is 0 Å². The summed E-state index contributed by atoms with van der Waals surface area (Å²) in [5, 5.41) is 3.50. The summed E-state index contributed by atoms with van der Waals surface area (Å²) in [7, 11) is 0. The molecule has 1 aliphatic rings. The number of nitrogens with one attached hydrogen (secondary N) is 1. The third-order valence-electron chi connectivity index (χ3n) is 4.26. The largest absolute Gasteiger partial charge is 0.460 e. The average Bonchev–Trinajstić information content (AvgIpc) is 2.65. The van der Waals surface area contributed by atoms with Crippen LogP contribution < -0.4 is 14.8 Å². The van der Waals surface area contributed by atoms with E-state index in [1.165, 1.54) is 19.3 Å². The fraction of sp³-hybridized carbons (Fsp3) is 0.368. The second-order valence-electron chi connectivity index (χ2n) is 6.37. The van der Waals surface area contributed by atoms with Crippen molar-refractivity contribution < 1.29 is 19.1 Å². The van der Waals surface area contributed by atoms with Crippen LogP contribution in [0.25, 0.3) is 0 Å². The van der Waals surface area contributed by atoms with E-state index in [0.717, 1.165) is 25.7 Å². The normalized spacial score (nSPS) is 19.2. The van der Waals surface area contributed by atoms with Crippen molar-refractivity contribution in [3.63, 3.8) is 0 Å². The van der Waals surface area contributed by atoms with Crippen molar-refractivity contribution in [3.8, 4) is 11.8 Å². The van der Waals surface area contributed by atoms with Gasteiger partial charge in [-0.1, -0.05) is 11.6 Å². The lowest BCUT2D eigenvalue weighted by molar-refractivity contribution is -0.131. The molecule has 1 aliphatic carbocycles. The Labute approximate surface area is 162 Å². The number of carbonyl (C=O) groups is 2. The van der Waals surface area contributed by atoms with Crippen molar-refractivity contribution in [2.75, 3.05) is 0 Å². The van der Waals surface area contributed by atoms with Gasteiger partial charge < -0.3 is 14.8 Å². The van der Waals surface area contributed by atoms with Gasteiger partial charge >= 0.3 is 12.0 Å². The van der Waals surface area contributed by atoms with Crippen molar-refractivity contribution >= 4 is 23.5 Å². The molecule has 1 aromatic carbocycles. The predicted octanol–water partition coefficient (Wildman–Crippen LogP) is 3.18. The zero-order valence-corrected chi connectivity index (χ0v) is 15.6. The lowest BCUT2D eigenvalue weighted by Gasteiger charge is -2.28. The number of hydrogen-bond acceptors (Lipinski definition) is 6. The Bertz CT molecular complexity index is 788. The number of nitrogens with zero attached hydrogens (tertiary/aromatic N) is 2. The lowest BCUT2D eigenvalue weighted by Crippen LogP contribution is -2.39. The summed E-state index contributed by atoms with van der Waals surface area (Å²) >= 11 is 5.76. The Morgan fingerprint density at radius 2 is 1.70 bits per heavy atom. The minimum Gasteiger partial charge on any atom is -0.460 e. The van der Waals surface area contributed by atoms with Crippen molar-refractivity contribution in [1.29, 1.82) is 0 Å². The zero-order chi connectivity index (χ0) is 19.2. The van der Waals surface area contributed by atoms with E-state index < -0.39 is 5.97 Å². The SMILES string of the molecule is CC(=O)Oc1ccc(C(=O)NC2CCC(Oc3ncc(Cl)cn3)CC2)cc1. The number of hydrogen-bond donors (Lipinski definition) is 1. The first-order valence-corrected chi connectivity index (χ1v) is 9.11. The van der Waals surface area contributed by atoms with Gasteiger partial charge in [0.05, 0.1) is 17.4 Å². The topological polar surface area (TPSA) is 90.4 Å². The molecule has 1 heterocycles. The summed E-state index contributed by atoms with van der Waals surface area (Å²) in [5.41, 5.74) is 0.527. The molecular weight excluding hydrogens is 370 g/mol. The van der Waals surface area contributed by atoms with Crippen LogP contribution in [0.1, 0.15) is 43.0 Å². The Kier molecular flexibility index (Phi) is 6.24. The van der Waals surface area contributed by atoms with Crippen LogP contribution >= 0.6 is 11.6 Å². The Morgan fingerprint density at radius 3 is 2.30 bits per heavy atom. The molecule has 0 spiro atoms. The molecule has 7 nitrogen and oxygen atoms in total. The van der Waals surface area contributed by atoms with Crippen LogP contribution in [-0.4, -0.2) is 34.0 Å². The van der Waals surface area contributed by atoms with Gasteiger partial charge in [-0.05, 0) is 49.9 Å². The molecule has 1 aromatic heterocycles. The van der Waals surface area contributed by atoms with Crippen molar-refractivity contribution in [1.82, 2.24) is 15.3 Å². The number of benzene rings is 1. The monoisotopic (exact) mass is 389 g/mol. The Morgan fingerprint density at radius 1 is 1.07 bits per heavy atom. The third kappa shape index (κ3) is 5.65. The maximum Gasteiger partial charge on any atom is 0.316 e. The van der Waals surface area contributed by atoms with Gasteiger partial charge in [0.2, 0.25) is 0 Å². The van der Waals surface area contributed by atoms with E-state index in [1.807, 2.05) is 0 Å². The van der Waals surface area contributed by atoms with E-state index in [9.17, 15) is 9.59 Å². The molecule has 142 valence electrons. The van der Waals surface area contributed by atoms with Gasteiger partial charge in [-0.2, -0.15) is 0 Å². The second kappa shape index (κ2) is 8.81. The van der Waals surface area contributed by atoms with Crippen LogP contribution in [0.2, 0.25) is 5.02 Å². The van der Waals surface area contributed by atoms with Crippen LogP contribution in [0.15, 0.2) is 36.7 Å². The van der Waals surface area contributed by atoms with Crippen molar-refractivity contribution in [3.05, 3.63) is 47.2 Å². The van der Waals surface area contributed by atoms with E-state index in [1.54, 1.807) is 24.3 Å². The van der Waals surface area contributed by atoms with Crippen LogP contribution in [0.5, 0.6) is 11.8 Å². The first kappa shape index (κ1) is 19.1. The van der Waals surface area contributed by atoms with Crippen LogP contribution in [0, 0.1) is 0 Å². The molecule has 2 aromatic rings. The average molecular weight is 390 g/mol. The van der Waals surface area contributed by atoms with Gasteiger partial charge in [0, 0.05) is 18.5 Å². The molecule has 1 amide bonds. The summed E-state index contributed by atoms with van der Waals surface area (Å²) < 4.78 is 10.7. The molecule has 27 heavy (non-hydrogen) atoms. The molecule has 1 N–H and O–H groups in total. The maximum absolute atomic E-state index is 12.4. The van der Waals surface area contributed by atoms with Gasteiger partial charge in [0.15, 0.2) is 0 Å². The second-order valence-corrected chi connectivity index (χ2v) is 6.80. The lowest BCUT2D eigenvalue weighted by atomic mass is 9.92. The molecule has 0 saturated heterocycles. The number of aromatic nitrogens is 2. The molecular formula is C19H20ClN3O4. The van der Waals surface area contributed by atoms with Gasteiger partial charge in [-0.25, -0.2) is 9.97 Å². The zero-order valence-electron chi connectivity index (χ0n) is 14.9. The maximum atomic E-state index is 12.4. The molecule has 0 atom stereocenters. The highest BCUT2D eigenvalue weighted by atomic mass is 35.5. The Balaban J connectivity index is 1.46. The highest BCUT2D eigenvalue weighted by Gasteiger charge is 2.24. The smallest absolute Gasteiger partial charge is 0.316 e. The van der Waals surface area contributed by atoms with E-state index in [4.69, 9.17) is 21.1 Å². The van der Waals surface area contributed by atoms with Crippen LogP contribution in [0.4, 0.5) is 0 Å². The number of esters is 1. The van der Waals surface area contributed by atoms with Crippen LogP contribution in [-0.2, 0) is 4.79 Å². The molecule has 0 radical (unpaired) electrons. The summed E-state index contributed by atoms with van der Waals surface area (Å²) in [6, 6.07) is 6.90. The van der Waals surface area contributed by atoms with Crippen molar-refractivity contribution in [2.45, 2.75) is 44.8 Å². The molecule has 1 saturated carbocycles. The molecule has 0 aliphatic heterocycles. The van der Waals surface area contributed by atoms with E-state index in [0.29, 0.717) is 22.3 Å². The van der Waals surface area contributed by atoms with E-state index >= 15 is 0 Å². The Hall–Kier alpha value is -2.67. The van der Waals surface area contributed by atoms with E-state index in [2.05, 4.69) is 15.3 Å². The standard InChI is InChI=1S/C19H20ClN3O4/c1-12(24)26-16-6-2-13(3-7-16)18(25)23-15-4-8-17(9-5-15)27-19-21-10-14(20)11-22-19/h2-3,6-7,10-11,15,17H,4-5,8-9H2,1H3,(H,23,25). The molecule has 3 rings (SSSR count). The highest BCUT2D eigenvalue weighted by Crippen LogP contribution is 2.23. The number of amides is 1. The number of carbonyl (C=O) groups excluding carboxylic acids is 2. The first-order chi connectivity index (χ1) is 13.0. The fourth-order valence-electron chi connectivity index (χ4n) is 2.94. The quantitative estimate of drug-likeness (QED) is 0.624. The van der Waals surface area contributed by atoms with E-state index in [-0.39, 0.29) is 18.1 Å². The highest BCUT2D eigenvalue weighted by molar-refractivity contribution is 6.30. The van der Waals surface area contributed by atoms with Crippen molar-refractivity contribution in [2.24, 2.45) is 0 Å². The van der Waals surface area contributed by atoms with Gasteiger partial charge in [-0.3, -0.25) is 9.59 Å². The van der Waals surface area contributed by atoms with Crippen LogP contribution in [0.3, 0.4) is 0 Å². The summed E-state index contributed by atoms with van der Waals surface area (Å²) in [6.07, 6.45) is 6.28. The molecule has 0 bridgehead atoms. The summed E-state index contributed by atoms with van der Waals surface area (Å²) in [6.45, 7) is 1.33. The minimum atomic E-state index is -0.393. The summed E-state index contributed by atoms with van der Waals surface area (Å²) in [4.78, 5) is 31.4. The summed E-state index contributed by atoms with van der Waals surface area (Å²) in [5.74, 6) is -0.119. The minimum absolute atomic E-state index is 0.0299.